The van der Waals surface area contributed by atoms with E-state index in [4.69, 9.17) is 0 Å². The number of allylic oxidation sites excluding steroid dienone is 8. The lowest BCUT2D eigenvalue weighted by molar-refractivity contribution is 0.102. The third-order valence-corrected chi connectivity index (χ3v) is 3.01. The fourth-order valence-corrected chi connectivity index (χ4v) is 2.00. The highest BCUT2D eigenvalue weighted by molar-refractivity contribution is 6.13. The average molecular weight is 317 g/mol. The first kappa shape index (κ1) is 18.7. The van der Waals surface area contributed by atoms with Crippen LogP contribution in [0.3, 0.4) is 0 Å². The van der Waals surface area contributed by atoms with Crippen LogP contribution in [-0.2, 0) is 0 Å². The Morgan fingerprint density at radius 1 is 1.00 bits per heavy atom. The van der Waals surface area contributed by atoms with Gasteiger partial charge in [0.05, 0.1) is 10.9 Å². The van der Waals surface area contributed by atoms with Crippen LogP contribution in [0.1, 0.15) is 20.8 Å². The molecular weight excluding hydrogens is 298 g/mol. The summed E-state index contributed by atoms with van der Waals surface area (Å²) in [5, 5.41) is 1.21. The fourth-order valence-electron chi connectivity index (χ4n) is 2.00. The molecule has 24 heavy (non-hydrogen) atoms. The summed E-state index contributed by atoms with van der Waals surface area (Å²) in [5.74, 6) is -0.327. The summed E-state index contributed by atoms with van der Waals surface area (Å²) >= 11 is 0. The van der Waals surface area contributed by atoms with Gasteiger partial charge in [-0.2, -0.15) is 0 Å². The molecule has 0 aliphatic carbocycles. The molecule has 120 valence electrons. The number of nitrogens with zero attached hydrogens (tertiary/aromatic N) is 1. The van der Waals surface area contributed by atoms with Crippen molar-refractivity contribution in [2.75, 3.05) is 0 Å². The van der Waals surface area contributed by atoms with Crippen molar-refractivity contribution in [3.05, 3.63) is 102 Å². The minimum absolute atomic E-state index is 0.0660. The number of carbonyl (C=O) groups excluding carboxylic acids is 2. The van der Waals surface area contributed by atoms with E-state index in [0.29, 0.717) is 22.4 Å². The summed E-state index contributed by atoms with van der Waals surface area (Å²) in [6.45, 7) is 14.5. The summed E-state index contributed by atoms with van der Waals surface area (Å²) in [7, 11) is 0. The van der Waals surface area contributed by atoms with Crippen LogP contribution in [0.2, 0.25) is 0 Å². The molecule has 0 unspecified atom stereocenters. The molecule has 1 heterocycles. The van der Waals surface area contributed by atoms with Crippen LogP contribution < -0.4 is 10.6 Å². The van der Waals surface area contributed by atoms with Gasteiger partial charge in [0.15, 0.2) is 12.1 Å². The molecule has 0 amide bonds. The molecule has 0 saturated carbocycles. The number of hydrogen-bond acceptors (Lipinski definition) is 3. The maximum absolute atomic E-state index is 12.8. The SMILES string of the molecule is C=C/C=C\C(=C/C=C)C(=O)c1cc(=C/C=C)/c(=C\C=C)nc1C=O. The Bertz CT molecular complexity index is 868. The first-order valence-corrected chi connectivity index (χ1v) is 7.21. The molecule has 0 radical (unpaired) electrons. The second-order valence-electron chi connectivity index (χ2n) is 4.60. The zero-order valence-corrected chi connectivity index (χ0v) is 13.4. The summed E-state index contributed by atoms with van der Waals surface area (Å²) in [6, 6.07) is 1.62. The van der Waals surface area contributed by atoms with E-state index in [1.54, 1.807) is 54.7 Å². The first-order chi connectivity index (χ1) is 11.6. The third-order valence-electron chi connectivity index (χ3n) is 3.01. The predicted molar refractivity (Wildman–Crippen MR) is 100 cm³/mol. The average Bonchev–Trinajstić information content (AvgIpc) is 2.59. The van der Waals surface area contributed by atoms with Crippen LogP contribution in [-0.4, -0.2) is 17.1 Å². The molecule has 0 spiro atoms. The summed E-state index contributed by atoms with van der Waals surface area (Å²) in [6.07, 6.45) is 15.0. The number of rotatable bonds is 8. The number of aromatic nitrogens is 1. The van der Waals surface area contributed by atoms with E-state index < -0.39 is 0 Å². The standard InChI is InChI=1S/C21H19NO2/c1-5-9-13-16(10-6-2)21(24)18-14-17(11-7-3)19(12-8-4)22-20(18)15-23/h5-15H,1-4H2/b13-9-,16-10+,17-11-,19-12+. The zero-order valence-electron chi connectivity index (χ0n) is 13.4. The fraction of sp³-hybridized carbons (Fsp3) is 0. The van der Waals surface area contributed by atoms with Crippen molar-refractivity contribution in [2.45, 2.75) is 0 Å². The van der Waals surface area contributed by atoms with E-state index in [2.05, 4.69) is 31.3 Å². The van der Waals surface area contributed by atoms with Crippen LogP contribution >= 0.6 is 0 Å². The monoisotopic (exact) mass is 317 g/mol. The quantitative estimate of drug-likeness (QED) is 0.320. The Balaban J connectivity index is 3.71. The van der Waals surface area contributed by atoms with Gasteiger partial charge in [0.1, 0.15) is 5.69 Å². The Kier molecular flexibility index (Phi) is 7.52. The number of Topliss-reactive ketones (excluding diaryl/α,β-unsaturated/α-hetero) is 1. The molecule has 1 aromatic rings. The molecule has 0 aliphatic heterocycles. The van der Waals surface area contributed by atoms with E-state index in [1.807, 2.05) is 0 Å². The molecule has 0 N–H and O–H groups in total. The lowest BCUT2D eigenvalue weighted by Crippen LogP contribution is -2.31. The van der Waals surface area contributed by atoms with Crippen LogP contribution in [0.4, 0.5) is 0 Å². The van der Waals surface area contributed by atoms with Gasteiger partial charge in [-0.05, 0) is 12.1 Å². The van der Waals surface area contributed by atoms with Gasteiger partial charge < -0.3 is 0 Å². The Hall–Kier alpha value is -3.33. The zero-order chi connectivity index (χ0) is 17.9. The van der Waals surface area contributed by atoms with Gasteiger partial charge in [0.25, 0.3) is 0 Å². The molecule has 1 rings (SSSR count). The topological polar surface area (TPSA) is 47.0 Å². The molecule has 0 aliphatic rings. The van der Waals surface area contributed by atoms with Crippen molar-refractivity contribution in [3.63, 3.8) is 0 Å². The normalized spacial score (nSPS) is 12.9. The van der Waals surface area contributed by atoms with E-state index in [9.17, 15) is 9.59 Å². The van der Waals surface area contributed by atoms with E-state index in [1.165, 1.54) is 6.08 Å². The second kappa shape index (κ2) is 9.64. The van der Waals surface area contributed by atoms with Crippen molar-refractivity contribution in [3.8, 4) is 0 Å². The second-order valence-corrected chi connectivity index (χ2v) is 4.60. The Morgan fingerprint density at radius 3 is 2.25 bits per heavy atom. The van der Waals surface area contributed by atoms with E-state index in [-0.39, 0.29) is 17.0 Å². The number of pyridine rings is 1. The molecule has 0 bridgehead atoms. The summed E-state index contributed by atoms with van der Waals surface area (Å²) in [5.41, 5.74) is 0.650. The minimum atomic E-state index is -0.327. The van der Waals surface area contributed by atoms with Crippen molar-refractivity contribution in [2.24, 2.45) is 0 Å². The van der Waals surface area contributed by atoms with Gasteiger partial charge in [0, 0.05) is 10.8 Å². The lowest BCUT2D eigenvalue weighted by atomic mass is 10.00. The maximum atomic E-state index is 12.8. The lowest BCUT2D eigenvalue weighted by Gasteiger charge is -2.05. The number of hydrogen-bond donors (Lipinski definition) is 0. The molecule has 0 fully saturated rings. The highest BCUT2D eigenvalue weighted by Gasteiger charge is 2.15. The van der Waals surface area contributed by atoms with Gasteiger partial charge in [-0.3, -0.25) is 9.59 Å². The molecule has 1 aromatic heterocycles. The first-order valence-electron chi connectivity index (χ1n) is 7.21. The molecular formula is C21H19NO2. The smallest absolute Gasteiger partial charge is 0.195 e. The minimum Gasteiger partial charge on any atom is -0.296 e. The van der Waals surface area contributed by atoms with Gasteiger partial charge >= 0.3 is 0 Å². The van der Waals surface area contributed by atoms with E-state index >= 15 is 0 Å². The van der Waals surface area contributed by atoms with Crippen LogP contribution in [0.25, 0.3) is 12.2 Å². The largest absolute Gasteiger partial charge is 0.296 e. The molecule has 3 nitrogen and oxygen atoms in total. The van der Waals surface area contributed by atoms with Crippen LogP contribution in [0.5, 0.6) is 0 Å². The number of aldehydes is 1. The van der Waals surface area contributed by atoms with Crippen molar-refractivity contribution >= 4 is 24.2 Å². The highest BCUT2D eigenvalue weighted by Crippen LogP contribution is 2.11. The number of carbonyl (C=O) groups is 2. The number of ketones is 1. The van der Waals surface area contributed by atoms with Crippen LogP contribution in [0.15, 0.2) is 80.5 Å². The molecule has 0 saturated heterocycles. The van der Waals surface area contributed by atoms with Crippen LogP contribution in [0, 0.1) is 0 Å². The van der Waals surface area contributed by atoms with Crippen molar-refractivity contribution in [1.29, 1.82) is 0 Å². The van der Waals surface area contributed by atoms with Gasteiger partial charge in [0.2, 0.25) is 0 Å². The third kappa shape index (κ3) is 4.58. The maximum Gasteiger partial charge on any atom is 0.195 e. The molecule has 3 heteroatoms. The predicted octanol–water partition coefficient (Wildman–Crippen LogP) is 2.86. The van der Waals surface area contributed by atoms with Gasteiger partial charge in [-0.15, -0.1) is 0 Å². The van der Waals surface area contributed by atoms with Crippen molar-refractivity contribution in [1.82, 2.24) is 4.98 Å². The summed E-state index contributed by atoms with van der Waals surface area (Å²) in [4.78, 5) is 28.4. The van der Waals surface area contributed by atoms with Gasteiger partial charge in [-0.25, -0.2) is 4.98 Å². The Labute approximate surface area is 141 Å². The van der Waals surface area contributed by atoms with Crippen molar-refractivity contribution < 1.29 is 9.59 Å². The summed E-state index contributed by atoms with van der Waals surface area (Å²) < 4.78 is 0. The molecule has 0 atom stereocenters. The van der Waals surface area contributed by atoms with E-state index in [0.717, 1.165) is 0 Å². The molecule has 0 aromatic carbocycles. The van der Waals surface area contributed by atoms with Gasteiger partial charge in [-0.1, -0.05) is 74.9 Å². The highest BCUT2D eigenvalue weighted by atomic mass is 16.1. The Morgan fingerprint density at radius 2 is 1.71 bits per heavy atom.